The second-order valence-corrected chi connectivity index (χ2v) is 5.18. The molecule has 4 nitrogen and oxygen atoms in total. The van der Waals surface area contributed by atoms with Gasteiger partial charge in [-0.05, 0) is 53.4 Å². The summed E-state index contributed by atoms with van der Waals surface area (Å²) < 4.78 is 11.4. The molecule has 5 heteroatoms. The zero-order chi connectivity index (χ0) is 13.0. The highest BCUT2D eigenvalue weighted by molar-refractivity contribution is 9.10. The summed E-state index contributed by atoms with van der Waals surface area (Å²) in [6.45, 7) is 1.06. The smallest absolute Gasteiger partial charge is 0.339 e. The van der Waals surface area contributed by atoms with Crippen LogP contribution in [0.5, 0.6) is 0 Å². The molecular weight excluding hydrogens is 298 g/mol. The number of halogens is 1. The second kappa shape index (κ2) is 6.20. The highest BCUT2D eigenvalue weighted by Gasteiger charge is 2.18. The van der Waals surface area contributed by atoms with E-state index in [0.29, 0.717) is 22.3 Å². The molecule has 1 unspecified atom stereocenters. The van der Waals surface area contributed by atoms with Crippen molar-refractivity contribution in [2.24, 2.45) is 0 Å². The summed E-state index contributed by atoms with van der Waals surface area (Å²) >= 11 is 3.31. The van der Waals surface area contributed by atoms with Crippen molar-refractivity contribution in [1.29, 1.82) is 0 Å². The summed E-state index contributed by atoms with van der Waals surface area (Å²) in [5, 5.41) is 0. The molecule has 1 fully saturated rings. The number of carbonyl (C=O) groups is 1. The average Bonchev–Trinajstić information content (AvgIpc) is 2.40. The number of rotatable bonds is 3. The maximum Gasteiger partial charge on any atom is 0.339 e. The van der Waals surface area contributed by atoms with E-state index in [-0.39, 0.29) is 12.1 Å². The summed E-state index contributed by atoms with van der Waals surface area (Å²) in [6, 6.07) is 5.07. The first kappa shape index (κ1) is 13.4. The van der Waals surface area contributed by atoms with Crippen molar-refractivity contribution in [1.82, 2.24) is 0 Å². The third-order valence-corrected chi connectivity index (χ3v) is 3.58. The first-order chi connectivity index (χ1) is 8.66. The third-order valence-electron chi connectivity index (χ3n) is 2.88. The zero-order valence-corrected chi connectivity index (χ0v) is 11.6. The lowest BCUT2D eigenvalue weighted by atomic mass is 10.1. The molecule has 1 heterocycles. The van der Waals surface area contributed by atoms with Crippen molar-refractivity contribution in [2.75, 3.05) is 18.9 Å². The van der Waals surface area contributed by atoms with E-state index in [2.05, 4.69) is 15.9 Å². The van der Waals surface area contributed by atoms with Crippen molar-refractivity contribution < 1.29 is 14.3 Å². The number of anilines is 1. The van der Waals surface area contributed by atoms with Crippen molar-refractivity contribution in [3.63, 3.8) is 0 Å². The number of esters is 1. The Morgan fingerprint density at radius 3 is 3.06 bits per heavy atom. The normalized spacial score (nSPS) is 19.5. The van der Waals surface area contributed by atoms with Gasteiger partial charge in [0.25, 0.3) is 0 Å². The van der Waals surface area contributed by atoms with E-state index in [0.717, 1.165) is 25.9 Å². The molecule has 1 saturated heterocycles. The number of hydrogen-bond acceptors (Lipinski definition) is 4. The predicted molar refractivity (Wildman–Crippen MR) is 72.4 cm³/mol. The Bertz CT molecular complexity index is 430. The summed E-state index contributed by atoms with van der Waals surface area (Å²) in [7, 11) is 0. The molecule has 18 heavy (non-hydrogen) atoms. The first-order valence-electron chi connectivity index (χ1n) is 6.00. The third kappa shape index (κ3) is 3.46. The highest BCUT2D eigenvalue weighted by Crippen LogP contribution is 2.21. The molecule has 0 saturated carbocycles. The molecule has 0 amide bonds. The minimum Gasteiger partial charge on any atom is -0.459 e. The SMILES string of the molecule is Nc1ccc(Br)c(C(=O)OCC2CCCCO2)c1. The molecule has 98 valence electrons. The van der Waals surface area contributed by atoms with Crippen LogP contribution in [0.2, 0.25) is 0 Å². The topological polar surface area (TPSA) is 61.6 Å². The Morgan fingerprint density at radius 2 is 2.33 bits per heavy atom. The lowest BCUT2D eigenvalue weighted by Crippen LogP contribution is -2.26. The Hall–Kier alpha value is -1.07. The molecule has 1 aliphatic rings. The molecule has 1 aliphatic heterocycles. The van der Waals surface area contributed by atoms with Crippen LogP contribution in [0.3, 0.4) is 0 Å². The van der Waals surface area contributed by atoms with Gasteiger partial charge in [-0.25, -0.2) is 4.79 Å². The van der Waals surface area contributed by atoms with Gasteiger partial charge >= 0.3 is 5.97 Å². The van der Waals surface area contributed by atoms with E-state index in [9.17, 15) is 4.79 Å². The van der Waals surface area contributed by atoms with Gasteiger partial charge in [-0.3, -0.25) is 0 Å². The van der Waals surface area contributed by atoms with Gasteiger partial charge in [0.05, 0.1) is 11.7 Å². The maximum atomic E-state index is 11.9. The number of benzene rings is 1. The van der Waals surface area contributed by atoms with Gasteiger partial charge in [-0.2, -0.15) is 0 Å². The Labute approximate surface area is 115 Å². The monoisotopic (exact) mass is 313 g/mol. The molecule has 1 aromatic rings. The molecule has 0 spiro atoms. The van der Waals surface area contributed by atoms with Crippen LogP contribution in [0.15, 0.2) is 22.7 Å². The van der Waals surface area contributed by atoms with Crippen LogP contribution < -0.4 is 5.73 Å². The number of hydrogen-bond donors (Lipinski definition) is 1. The summed E-state index contributed by atoms with van der Waals surface area (Å²) in [5.41, 5.74) is 6.64. The average molecular weight is 314 g/mol. The molecule has 1 aromatic carbocycles. The molecular formula is C13H16BrNO3. The van der Waals surface area contributed by atoms with Gasteiger partial charge in [-0.1, -0.05) is 0 Å². The van der Waals surface area contributed by atoms with Gasteiger partial charge in [0.2, 0.25) is 0 Å². The summed E-state index contributed by atoms with van der Waals surface area (Å²) in [5.74, 6) is -0.372. The van der Waals surface area contributed by atoms with E-state index < -0.39 is 0 Å². The first-order valence-corrected chi connectivity index (χ1v) is 6.80. The van der Waals surface area contributed by atoms with Crippen LogP contribution in [-0.2, 0) is 9.47 Å². The maximum absolute atomic E-state index is 11.9. The Kier molecular flexibility index (Phi) is 4.60. The molecule has 2 N–H and O–H groups in total. The molecule has 1 atom stereocenters. The molecule has 0 aromatic heterocycles. The van der Waals surface area contributed by atoms with Gasteiger partial charge < -0.3 is 15.2 Å². The Morgan fingerprint density at radius 1 is 1.50 bits per heavy atom. The van der Waals surface area contributed by atoms with E-state index >= 15 is 0 Å². The van der Waals surface area contributed by atoms with Gasteiger partial charge in [0.1, 0.15) is 6.61 Å². The highest BCUT2D eigenvalue weighted by atomic mass is 79.9. The van der Waals surface area contributed by atoms with Crippen molar-refractivity contribution in [2.45, 2.75) is 25.4 Å². The number of ether oxygens (including phenoxy) is 2. The van der Waals surface area contributed by atoms with Crippen LogP contribution >= 0.6 is 15.9 Å². The Balaban J connectivity index is 1.92. The lowest BCUT2D eigenvalue weighted by molar-refractivity contribution is -0.0300. The number of nitrogen functional groups attached to an aromatic ring is 1. The second-order valence-electron chi connectivity index (χ2n) is 4.33. The van der Waals surface area contributed by atoms with Gasteiger partial charge in [0.15, 0.2) is 0 Å². The zero-order valence-electron chi connectivity index (χ0n) is 10.0. The number of nitrogens with two attached hydrogens (primary N) is 1. The molecule has 2 rings (SSSR count). The van der Waals surface area contributed by atoms with Crippen molar-refractivity contribution in [3.05, 3.63) is 28.2 Å². The lowest BCUT2D eigenvalue weighted by Gasteiger charge is -2.22. The largest absolute Gasteiger partial charge is 0.459 e. The summed E-state index contributed by atoms with van der Waals surface area (Å²) in [6.07, 6.45) is 3.20. The fourth-order valence-electron chi connectivity index (χ4n) is 1.88. The molecule has 0 aliphatic carbocycles. The van der Waals surface area contributed by atoms with Gasteiger partial charge in [-0.15, -0.1) is 0 Å². The van der Waals surface area contributed by atoms with E-state index in [1.54, 1.807) is 18.2 Å². The van der Waals surface area contributed by atoms with Crippen LogP contribution in [0.4, 0.5) is 5.69 Å². The number of carbonyl (C=O) groups excluding carboxylic acids is 1. The van der Waals surface area contributed by atoms with Crippen LogP contribution in [0, 0.1) is 0 Å². The fraction of sp³-hybridized carbons (Fsp3) is 0.462. The quantitative estimate of drug-likeness (QED) is 0.688. The van der Waals surface area contributed by atoms with E-state index in [4.69, 9.17) is 15.2 Å². The van der Waals surface area contributed by atoms with Gasteiger partial charge in [0, 0.05) is 16.8 Å². The van der Waals surface area contributed by atoms with E-state index in [1.165, 1.54) is 0 Å². The van der Waals surface area contributed by atoms with Crippen molar-refractivity contribution in [3.8, 4) is 0 Å². The summed E-state index contributed by atoms with van der Waals surface area (Å²) in [4.78, 5) is 11.9. The fourth-order valence-corrected chi connectivity index (χ4v) is 2.29. The van der Waals surface area contributed by atoms with Crippen LogP contribution in [-0.4, -0.2) is 25.3 Å². The predicted octanol–water partition coefficient (Wildman–Crippen LogP) is 2.76. The molecule has 0 radical (unpaired) electrons. The molecule has 0 bridgehead atoms. The van der Waals surface area contributed by atoms with E-state index in [1.807, 2.05) is 0 Å². The van der Waals surface area contributed by atoms with Crippen LogP contribution in [0.1, 0.15) is 29.6 Å². The minimum absolute atomic E-state index is 0.0301. The van der Waals surface area contributed by atoms with Crippen LogP contribution in [0.25, 0.3) is 0 Å². The minimum atomic E-state index is -0.372. The van der Waals surface area contributed by atoms with Crippen molar-refractivity contribution >= 4 is 27.6 Å². The standard InChI is InChI=1S/C13H16BrNO3/c14-12-5-4-9(15)7-11(12)13(16)18-8-10-3-1-2-6-17-10/h4-5,7,10H,1-3,6,8,15H2.